The van der Waals surface area contributed by atoms with Crippen molar-refractivity contribution in [2.24, 2.45) is 13.0 Å². The minimum atomic E-state index is 0. The number of aromatic nitrogens is 3. The van der Waals surface area contributed by atoms with Gasteiger partial charge in [0.1, 0.15) is 11.9 Å². The highest BCUT2D eigenvalue weighted by Crippen LogP contribution is 2.27. The molecule has 29 heavy (non-hydrogen) atoms. The van der Waals surface area contributed by atoms with Gasteiger partial charge in [-0.05, 0) is 32.9 Å². The van der Waals surface area contributed by atoms with Crippen LogP contribution in [0.2, 0.25) is 0 Å². The van der Waals surface area contributed by atoms with Gasteiger partial charge in [0.05, 0.1) is 10.7 Å². The zero-order chi connectivity index (χ0) is 18.8. The molecule has 2 aliphatic rings. The van der Waals surface area contributed by atoms with E-state index < -0.39 is 0 Å². The predicted molar refractivity (Wildman–Crippen MR) is 120 cm³/mol. The highest BCUT2D eigenvalue weighted by atomic mass is 35.5. The number of hydrogen-bond donors (Lipinski definition) is 1. The van der Waals surface area contributed by atoms with Gasteiger partial charge >= 0.3 is 0 Å². The van der Waals surface area contributed by atoms with Crippen molar-refractivity contribution in [2.75, 3.05) is 32.7 Å². The van der Waals surface area contributed by atoms with Crippen molar-refractivity contribution in [2.45, 2.75) is 32.4 Å². The largest absolute Gasteiger partial charge is 0.336 e. The Morgan fingerprint density at radius 3 is 2.66 bits per heavy atom. The number of hydrogen-bond acceptors (Lipinski definition) is 6. The first-order chi connectivity index (χ1) is 13.1. The second-order valence-electron chi connectivity index (χ2n) is 7.56. The molecule has 1 unspecified atom stereocenters. The van der Waals surface area contributed by atoms with Crippen LogP contribution in [0.15, 0.2) is 17.8 Å². The van der Waals surface area contributed by atoms with Gasteiger partial charge in [-0.1, -0.05) is 0 Å². The van der Waals surface area contributed by atoms with E-state index in [1.54, 1.807) is 11.3 Å². The van der Waals surface area contributed by atoms with E-state index in [1.807, 2.05) is 30.9 Å². The molecular weight excluding hydrogens is 431 g/mol. The lowest BCUT2D eigenvalue weighted by atomic mass is 9.94. The molecule has 4 rings (SSSR count). The van der Waals surface area contributed by atoms with Gasteiger partial charge in [-0.2, -0.15) is 0 Å². The van der Waals surface area contributed by atoms with Crippen molar-refractivity contribution in [1.82, 2.24) is 29.7 Å². The molecule has 1 atom stereocenters. The van der Waals surface area contributed by atoms with Gasteiger partial charge < -0.3 is 14.8 Å². The van der Waals surface area contributed by atoms with Crippen molar-refractivity contribution in [1.29, 1.82) is 0 Å². The summed E-state index contributed by atoms with van der Waals surface area (Å²) in [6, 6.07) is 0.0299. The number of halogens is 2. The second-order valence-corrected chi connectivity index (χ2v) is 8.62. The lowest BCUT2D eigenvalue weighted by Crippen LogP contribution is -2.52. The summed E-state index contributed by atoms with van der Waals surface area (Å²) >= 11 is 1.70. The Kier molecular flexibility index (Phi) is 8.91. The van der Waals surface area contributed by atoms with Crippen LogP contribution < -0.4 is 5.32 Å². The van der Waals surface area contributed by atoms with Gasteiger partial charge in [-0.25, -0.2) is 9.97 Å². The maximum absolute atomic E-state index is 13.3. The molecule has 2 saturated heterocycles. The molecule has 2 aromatic rings. The van der Waals surface area contributed by atoms with Crippen LogP contribution in [0.5, 0.6) is 0 Å². The molecule has 2 aliphatic heterocycles. The molecule has 0 aliphatic carbocycles. The normalized spacial score (nSPS) is 20.8. The maximum atomic E-state index is 13.3. The number of carbonyl (C=O) groups is 1. The van der Waals surface area contributed by atoms with E-state index >= 15 is 0 Å². The number of nitrogens with one attached hydrogen (secondary N) is 1. The number of nitrogens with zero attached hydrogens (tertiary/aromatic N) is 5. The monoisotopic (exact) mass is 460 g/mol. The van der Waals surface area contributed by atoms with Crippen LogP contribution in [0.4, 0.5) is 0 Å². The smallest absolute Gasteiger partial charge is 0.226 e. The van der Waals surface area contributed by atoms with Crippen molar-refractivity contribution >= 4 is 42.1 Å². The first-order valence-electron chi connectivity index (χ1n) is 9.73. The SMILES string of the molecule is Cc1nc(CN2CCC(C(=O)N3CCNCC3c3nccn3C)CC2)cs1.Cl.Cl. The summed E-state index contributed by atoms with van der Waals surface area (Å²) in [5.41, 5.74) is 1.15. The molecular formula is C19H30Cl2N6OS. The topological polar surface area (TPSA) is 66.3 Å². The van der Waals surface area contributed by atoms with Gasteiger partial charge in [0, 0.05) is 56.9 Å². The molecule has 10 heteroatoms. The summed E-state index contributed by atoms with van der Waals surface area (Å²) in [4.78, 5) is 26.8. The van der Waals surface area contributed by atoms with E-state index in [0.717, 1.165) is 68.6 Å². The summed E-state index contributed by atoms with van der Waals surface area (Å²) in [6.45, 7) is 7.26. The van der Waals surface area contributed by atoms with Crippen LogP contribution in [-0.4, -0.2) is 63.0 Å². The molecule has 1 N–H and O–H groups in total. The fourth-order valence-corrected chi connectivity index (χ4v) is 4.78. The van der Waals surface area contributed by atoms with E-state index in [4.69, 9.17) is 0 Å². The summed E-state index contributed by atoms with van der Waals surface area (Å²) in [5.74, 6) is 1.39. The lowest BCUT2D eigenvalue weighted by Gasteiger charge is -2.39. The number of piperazine rings is 1. The number of likely N-dealkylation sites (tertiary alicyclic amines) is 1. The van der Waals surface area contributed by atoms with Crippen molar-refractivity contribution < 1.29 is 4.79 Å². The van der Waals surface area contributed by atoms with E-state index in [-0.39, 0.29) is 36.8 Å². The minimum Gasteiger partial charge on any atom is -0.336 e. The van der Waals surface area contributed by atoms with Gasteiger partial charge in [0.15, 0.2) is 0 Å². The third-order valence-electron chi connectivity index (χ3n) is 5.67. The second kappa shape index (κ2) is 10.7. The van der Waals surface area contributed by atoms with Crippen LogP contribution in [0.3, 0.4) is 0 Å². The Balaban J connectivity index is 0.00000150. The van der Waals surface area contributed by atoms with Gasteiger partial charge in [-0.3, -0.25) is 9.69 Å². The van der Waals surface area contributed by atoms with Crippen LogP contribution in [-0.2, 0) is 18.4 Å². The molecule has 7 nitrogen and oxygen atoms in total. The number of imidazole rings is 1. The van der Waals surface area contributed by atoms with E-state index in [1.165, 1.54) is 0 Å². The quantitative estimate of drug-likeness (QED) is 0.758. The molecule has 0 saturated carbocycles. The molecule has 0 spiro atoms. The van der Waals surface area contributed by atoms with Crippen LogP contribution in [0.1, 0.15) is 35.4 Å². The number of aryl methyl sites for hydroxylation is 2. The average Bonchev–Trinajstić information content (AvgIpc) is 3.30. The highest BCUT2D eigenvalue weighted by Gasteiger charge is 2.35. The summed E-state index contributed by atoms with van der Waals surface area (Å²) in [6.07, 6.45) is 5.62. The molecule has 0 bridgehead atoms. The Labute approximate surface area is 188 Å². The molecule has 2 aromatic heterocycles. The van der Waals surface area contributed by atoms with E-state index in [0.29, 0.717) is 5.91 Å². The molecule has 2 fully saturated rings. The Morgan fingerprint density at radius 2 is 2.03 bits per heavy atom. The fraction of sp³-hybridized carbons (Fsp3) is 0.632. The molecule has 0 aromatic carbocycles. The average molecular weight is 461 g/mol. The summed E-state index contributed by atoms with van der Waals surface area (Å²) in [5, 5.41) is 6.68. The summed E-state index contributed by atoms with van der Waals surface area (Å²) in [7, 11) is 2.00. The standard InChI is InChI=1S/C19H28N6OS.2ClH/c1-14-22-16(13-27-14)12-24-7-3-15(4-8-24)19(26)25-10-5-20-11-17(25)18-21-6-9-23(18)2;;/h6,9,13,15,17,20H,3-5,7-8,10-12H2,1-2H3;2*1H. The molecule has 162 valence electrons. The number of rotatable bonds is 4. The summed E-state index contributed by atoms with van der Waals surface area (Å²) < 4.78 is 2.02. The minimum absolute atomic E-state index is 0. The van der Waals surface area contributed by atoms with Gasteiger partial charge in [-0.15, -0.1) is 36.2 Å². The zero-order valence-electron chi connectivity index (χ0n) is 16.9. The molecule has 4 heterocycles. The van der Waals surface area contributed by atoms with Gasteiger partial charge in [0.2, 0.25) is 5.91 Å². The maximum Gasteiger partial charge on any atom is 0.226 e. The van der Waals surface area contributed by atoms with Gasteiger partial charge in [0.25, 0.3) is 0 Å². The number of piperidine rings is 1. The van der Waals surface area contributed by atoms with Crippen molar-refractivity contribution in [3.63, 3.8) is 0 Å². The number of carbonyl (C=O) groups excluding carboxylic acids is 1. The Hall–Kier alpha value is -1.19. The van der Waals surface area contributed by atoms with Crippen molar-refractivity contribution in [3.8, 4) is 0 Å². The lowest BCUT2D eigenvalue weighted by molar-refractivity contribution is -0.140. The van der Waals surface area contributed by atoms with Crippen LogP contribution in [0.25, 0.3) is 0 Å². The fourth-order valence-electron chi connectivity index (χ4n) is 4.18. The highest BCUT2D eigenvalue weighted by molar-refractivity contribution is 7.09. The third kappa shape index (κ3) is 5.49. The molecule has 0 radical (unpaired) electrons. The van der Waals surface area contributed by atoms with E-state index in [9.17, 15) is 4.79 Å². The Bertz CT molecular complexity index is 789. The first kappa shape index (κ1) is 24.1. The zero-order valence-corrected chi connectivity index (χ0v) is 19.4. The Morgan fingerprint density at radius 1 is 1.28 bits per heavy atom. The number of thiazole rings is 1. The number of amides is 1. The van der Waals surface area contributed by atoms with Crippen molar-refractivity contribution in [3.05, 3.63) is 34.3 Å². The van der Waals surface area contributed by atoms with E-state index in [2.05, 4.69) is 30.5 Å². The van der Waals surface area contributed by atoms with Crippen LogP contribution in [0, 0.1) is 12.8 Å². The first-order valence-corrected chi connectivity index (χ1v) is 10.6. The third-order valence-corrected chi connectivity index (χ3v) is 6.49. The molecule has 1 amide bonds. The van der Waals surface area contributed by atoms with Crippen LogP contribution >= 0.6 is 36.2 Å². The predicted octanol–water partition coefficient (Wildman–Crippen LogP) is 2.41.